The van der Waals surface area contributed by atoms with Gasteiger partial charge in [-0.1, -0.05) is 6.92 Å². The van der Waals surface area contributed by atoms with Crippen LogP contribution in [-0.4, -0.2) is 0 Å². The lowest BCUT2D eigenvalue weighted by Crippen LogP contribution is -2.67. The van der Waals surface area contributed by atoms with Crippen LogP contribution in [0.5, 0.6) is 0 Å². The van der Waals surface area contributed by atoms with E-state index in [1.165, 1.54) is 23.7 Å². The van der Waals surface area contributed by atoms with Crippen molar-refractivity contribution < 1.29 is 0 Å². The van der Waals surface area contributed by atoms with Crippen molar-refractivity contribution in [2.45, 2.75) is 32.6 Å². The van der Waals surface area contributed by atoms with Gasteiger partial charge in [-0.15, -0.1) is 0 Å². The van der Waals surface area contributed by atoms with Gasteiger partial charge in [0.2, 0.25) is 0 Å². The van der Waals surface area contributed by atoms with Gasteiger partial charge < -0.3 is 0 Å². The predicted molar refractivity (Wildman–Crippen MR) is 44.0 cm³/mol. The summed E-state index contributed by atoms with van der Waals surface area (Å²) in [5, 5.41) is 0. The molecule has 11 heavy (non-hydrogen) atoms. The molecule has 0 radical (unpaired) electrons. The molecule has 6 unspecified atom stereocenters. The predicted octanol–water partition coefficient (Wildman–Crippen LogP) is 2.69. The molecule has 0 heteroatoms. The Hall–Kier alpha value is 0. The van der Waals surface area contributed by atoms with E-state index < -0.39 is 0 Å². The van der Waals surface area contributed by atoms with Crippen LogP contribution in [0.1, 0.15) is 32.6 Å². The zero-order valence-electron chi connectivity index (χ0n) is 7.22. The number of hydrogen-bond acceptors (Lipinski definition) is 0. The topological polar surface area (TPSA) is 0 Å². The van der Waals surface area contributed by atoms with Crippen molar-refractivity contribution in [3.63, 3.8) is 0 Å². The van der Waals surface area contributed by atoms with Crippen LogP contribution in [0.3, 0.4) is 0 Å². The lowest BCUT2D eigenvalue weighted by atomic mass is 9.32. The van der Waals surface area contributed by atoms with Gasteiger partial charge in [0.15, 0.2) is 0 Å². The molecule has 6 atom stereocenters. The molecular weight excluding hydrogens is 132 g/mol. The Balaban J connectivity index is 1.89. The molecule has 1 spiro atoms. The Labute approximate surface area is 68.4 Å². The monoisotopic (exact) mass is 148 g/mol. The summed E-state index contributed by atoms with van der Waals surface area (Å²) in [6.07, 6.45) is 6.47. The number of hydrogen-bond donors (Lipinski definition) is 0. The zero-order chi connectivity index (χ0) is 7.22. The fraction of sp³-hybridized carbons (Fsp3) is 1.00. The molecule has 0 saturated heterocycles. The van der Waals surface area contributed by atoms with E-state index in [1.54, 1.807) is 25.7 Å². The lowest BCUT2D eigenvalue weighted by Gasteiger charge is -2.72. The average molecular weight is 148 g/mol. The molecule has 0 heterocycles. The summed E-state index contributed by atoms with van der Waals surface area (Å²) in [4.78, 5) is 0. The van der Waals surface area contributed by atoms with E-state index in [1.807, 2.05) is 0 Å². The van der Waals surface area contributed by atoms with Crippen LogP contribution in [0.25, 0.3) is 0 Å². The van der Waals surface area contributed by atoms with Gasteiger partial charge in [-0.05, 0) is 60.7 Å². The Kier molecular flexibility index (Phi) is 0.661. The van der Waals surface area contributed by atoms with Crippen molar-refractivity contribution in [2.75, 3.05) is 0 Å². The molecule has 6 fully saturated rings. The molecule has 0 N–H and O–H groups in total. The Bertz CT molecular complexity index is 226. The second-order valence-corrected chi connectivity index (χ2v) is 5.72. The Morgan fingerprint density at radius 1 is 1.18 bits per heavy atom. The van der Waals surface area contributed by atoms with Gasteiger partial charge in [-0.2, -0.15) is 0 Å². The van der Waals surface area contributed by atoms with Gasteiger partial charge >= 0.3 is 0 Å². The first-order valence-corrected chi connectivity index (χ1v) is 5.32. The van der Waals surface area contributed by atoms with E-state index in [9.17, 15) is 0 Å². The van der Waals surface area contributed by atoms with Crippen molar-refractivity contribution in [1.82, 2.24) is 0 Å². The smallest absolute Gasteiger partial charge is 0.0258 e. The molecule has 5 bridgehead atoms. The summed E-state index contributed by atoms with van der Waals surface area (Å²) in [6, 6.07) is 0. The molecule has 0 amide bonds. The minimum atomic E-state index is 0.934. The average Bonchev–Trinajstić information content (AvgIpc) is 2.13. The molecule has 6 aliphatic carbocycles. The highest BCUT2D eigenvalue weighted by Crippen LogP contribution is 2.82. The largest absolute Gasteiger partial charge is 0.0622 e. The third kappa shape index (κ3) is 0.363. The van der Waals surface area contributed by atoms with Crippen molar-refractivity contribution >= 4 is 0 Å². The molecule has 0 aromatic rings. The maximum absolute atomic E-state index is 2.51. The van der Waals surface area contributed by atoms with Crippen LogP contribution < -0.4 is 0 Å². The molecule has 0 nitrogen and oxygen atoms in total. The van der Waals surface area contributed by atoms with E-state index in [2.05, 4.69) is 6.92 Å². The second kappa shape index (κ2) is 1.30. The van der Waals surface area contributed by atoms with Crippen molar-refractivity contribution in [3.05, 3.63) is 0 Å². The number of rotatable bonds is 0. The summed E-state index contributed by atoms with van der Waals surface area (Å²) in [6.45, 7) is 2.51. The SMILES string of the molecule is CC1CC23CCC4C1C(C2)C43. The molecule has 6 rings (SSSR count). The van der Waals surface area contributed by atoms with E-state index >= 15 is 0 Å². The maximum atomic E-state index is 2.51. The molecule has 60 valence electrons. The van der Waals surface area contributed by atoms with E-state index in [0.29, 0.717) is 0 Å². The first-order valence-electron chi connectivity index (χ1n) is 5.32. The molecule has 0 aromatic heterocycles. The van der Waals surface area contributed by atoms with Crippen LogP contribution in [0, 0.1) is 35.0 Å². The normalized spacial score (nSPS) is 75.5. The molecule has 6 saturated carbocycles. The highest BCUT2D eigenvalue weighted by Gasteiger charge is 2.75. The van der Waals surface area contributed by atoms with Crippen molar-refractivity contribution in [1.29, 1.82) is 0 Å². The second-order valence-electron chi connectivity index (χ2n) is 5.72. The summed E-state index contributed by atoms with van der Waals surface area (Å²) < 4.78 is 0. The minimum Gasteiger partial charge on any atom is -0.0622 e. The molecule has 6 aliphatic rings. The maximum Gasteiger partial charge on any atom is -0.0258 e. The van der Waals surface area contributed by atoms with E-state index in [4.69, 9.17) is 0 Å². The van der Waals surface area contributed by atoms with E-state index in [0.717, 1.165) is 11.3 Å². The first-order chi connectivity index (χ1) is 5.32. The third-order valence-corrected chi connectivity index (χ3v) is 5.62. The Morgan fingerprint density at radius 2 is 2.09 bits per heavy atom. The van der Waals surface area contributed by atoms with Gasteiger partial charge in [0, 0.05) is 0 Å². The van der Waals surface area contributed by atoms with Gasteiger partial charge in [-0.25, -0.2) is 0 Å². The highest BCUT2D eigenvalue weighted by atomic mass is 14.8. The minimum absolute atomic E-state index is 0.934. The van der Waals surface area contributed by atoms with Gasteiger partial charge in [0.1, 0.15) is 0 Å². The summed E-state index contributed by atoms with van der Waals surface area (Å²) in [5.41, 5.74) is 0.934. The van der Waals surface area contributed by atoms with Crippen LogP contribution in [-0.2, 0) is 0 Å². The first kappa shape index (κ1) is 5.61. The van der Waals surface area contributed by atoms with Crippen molar-refractivity contribution in [3.8, 4) is 0 Å². The van der Waals surface area contributed by atoms with E-state index in [-0.39, 0.29) is 0 Å². The van der Waals surface area contributed by atoms with Crippen LogP contribution in [0.2, 0.25) is 0 Å². The van der Waals surface area contributed by atoms with Crippen LogP contribution in [0.4, 0.5) is 0 Å². The standard InChI is InChI=1S/C11H16/c1-6-4-11-3-2-7-9(6)8(5-11)10(7)11/h6-10H,2-5H2,1H3. The summed E-state index contributed by atoms with van der Waals surface area (Å²) >= 11 is 0. The van der Waals surface area contributed by atoms with Gasteiger partial charge in [0.05, 0.1) is 0 Å². The Morgan fingerprint density at radius 3 is 2.82 bits per heavy atom. The molecule has 0 aromatic carbocycles. The zero-order valence-corrected chi connectivity index (χ0v) is 7.22. The fourth-order valence-electron chi connectivity index (χ4n) is 5.62. The third-order valence-electron chi connectivity index (χ3n) is 5.62. The summed E-state index contributed by atoms with van der Waals surface area (Å²) in [5.74, 6) is 6.00. The van der Waals surface area contributed by atoms with Gasteiger partial charge in [-0.3, -0.25) is 0 Å². The quantitative estimate of drug-likeness (QED) is 0.495. The highest BCUT2D eigenvalue weighted by molar-refractivity contribution is 5.23. The summed E-state index contributed by atoms with van der Waals surface area (Å²) in [7, 11) is 0. The lowest BCUT2D eigenvalue weighted by molar-refractivity contribution is -0.245. The van der Waals surface area contributed by atoms with Crippen LogP contribution >= 0.6 is 0 Å². The molecular formula is C11H16. The molecule has 0 aliphatic heterocycles. The van der Waals surface area contributed by atoms with Gasteiger partial charge in [0.25, 0.3) is 0 Å². The van der Waals surface area contributed by atoms with Crippen molar-refractivity contribution in [2.24, 2.45) is 35.0 Å². The fourth-order valence-corrected chi connectivity index (χ4v) is 5.62. The van der Waals surface area contributed by atoms with Crippen LogP contribution in [0.15, 0.2) is 0 Å².